The number of nitrogens with two attached hydrogens (primary N) is 1. The quantitative estimate of drug-likeness (QED) is 0.836. The average Bonchev–Trinajstić information content (AvgIpc) is 2.37. The van der Waals surface area contributed by atoms with Crippen LogP contribution in [0.25, 0.3) is 0 Å². The average molecular weight is 277 g/mol. The Hall–Kier alpha value is -1.76. The van der Waals surface area contributed by atoms with E-state index in [1.165, 1.54) is 20.1 Å². The van der Waals surface area contributed by atoms with E-state index in [0.717, 1.165) is 12.1 Å². The number of benzene rings is 1. The van der Waals surface area contributed by atoms with Crippen LogP contribution in [0.2, 0.25) is 0 Å². The zero-order valence-corrected chi connectivity index (χ0v) is 10.5. The van der Waals surface area contributed by atoms with Gasteiger partial charge in [0.2, 0.25) is 0 Å². The Morgan fingerprint density at radius 1 is 1.47 bits per heavy atom. The van der Waals surface area contributed by atoms with Crippen molar-refractivity contribution in [2.45, 2.75) is 18.9 Å². The van der Waals surface area contributed by atoms with Crippen molar-refractivity contribution >= 4 is 5.97 Å². The Morgan fingerprint density at radius 3 is 2.58 bits per heavy atom. The van der Waals surface area contributed by atoms with Crippen LogP contribution < -0.4 is 10.5 Å². The maximum absolute atomic E-state index is 13.6. The third-order valence-electron chi connectivity index (χ3n) is 2.48. The molecule has 0 aliphatic rings. The number of ether oxygens (including phenoxy) is 2. The Labute approximate surface area is 108 Å². The van der Waals surface area contributed by atoms with E-state index in [-0.39, 0.29) is 12.4 Å². The lowest BCUT2D eigenvalue weighted by Gasteiger charge is -2.22. The molecule has 0 saturated heterocycles. The summed E-state index contributed by atoms with van der Waals surface area (Å²) in [5, 5.41) is 0. The molecular formula is C12H14F3NO3. The molecule has 0 bridgehead atoms. The first-order valence-corrected chi connectivity index (χ1v) is 5.48. The van der Waals surface area contributed by atoms with Crippen molar-refractivity contribution < 1.29 is 27.4 Å². The molecule has 4 nitrogen and oxygen atoms in total. The van der Waals surface area contributed by atoms with Gasteiger partial charge in [0.05, 0.1) is 13.7 Å². The fourth-order valence-electron chi connectivity index (χ4n) is 1.44. The molecule has 1 aromatic rings. The summed E-state index contributed by atoms with van der Waals surface area (Å²) in [6.07, 6.45) is 0. The summed E-state index contributed by atoms with van der Waals surface area (Å²) in [5.74, 6) is -6.60. The largest absolute Gasteiger partial charge is 0.497 e. The number of rotatable bonds is 5. The first-order valence-electron chi connectivity index (χ1n) is 5.48. The second kappa shape index (κ2) is 5.92. The second-order valence-corrected chi connectivity index (χ2v) is 3.71. The maximum Gasteiger partial charge on any atom is 0.379 e. The van der Waals surface area contributed by atoms with Gasteiger partial charge in [-0.15, -0.1) is 0 Å². The zero-order valence-electron chi connectivity index (χ0n) is 10.5. The first-order chi connectivity index (χ1) is 8.84. The summed E-state index contributed by atoms with van der Waals surface area (Å²) in [6.45, 7) is 1.17. The lowest BCUT2D eigenvalue weighted by molar-refractivity contribution is -0.174. The number of carbonyl (C=O) groups is 1. The van der Waals surface area contributed by atoms with Gasteiger partial charge in [0.25, 0.3) is 0 Å². The lowest BCUT2D eigenvalue weighted by Crippen LogP contribution is -2.42. The van der Waals surface area contributed by atoms with Crippen molar-refractivity contribution in [3.63, 3.8) is 0 Å². The van der Waals surface area contributed by atoms with Gasteiger partial charge in [0.1, 0.15) is 17.6 Å². The molecule has 2 N–H and O–H groups in total. The van der Waals surface area contributed by atoms with E-state index in [2.05, 4.69) is 4.74 Å². The van der Waals surface area contributed by atoms with Crippen LogP contribution in [0.4, 0.5) is 13.2 Å². The Bertz CT molecular complexity index is 466. The second-order valence-electron chi connectivity index (χ2n) is 3.71. The summed E-state index contributed by atoms with van der Waals surface area (Å²) in [5.41, 5.74) is 4.78. The summed E-state index contributed by atoms with van der Waals surface area (Å²) in [7, 11) is 1.31. The first kappa shape index (κ1) is 15.3. The van der Waals surface area contributed by atoms with Gasteiger partial charge in [0.15, 0.2) is 0 Å². The van der Waals surface area contributed by atoms with E-state index in [4.69, 9.17) is 10.5 Å². The van der Waals surface area contributed by atoms with Crippen LogP contribution in [-0.2, 0) is 9.53 Å². The van der Waals surface area contributed by atoms with Crippen LogP contribution in [0.5, 0.6) is 5.75 Å². The summed E-state index contributed by atoms with van der Waals surface area (Å²) >= 11 is 0. The molecule has 0 aliphatic carbocycles. The molecule has 1 atom stereocenters. The number of esters is 1. The van der Waals surface area contributed by atoms with Crippen molar-refractivity contribution in [1.29, 1.82) is 0 Å². The molecule has 0 spiro atoms. The molecule has 0 radical (unpaired) electrons. The molecule has 0 heterocycles. The topological polar surface area (TPSA) is 61.5 Å². The highest BCUT2D eigenvalue weighted by atomic mass is 19.3. The smallest absolute Gasteiger partial charge is 0.379 e. The van der Waals surface area contributed by atoms with Gasteiger partial charge in [-0.1, -0.05) is 6.07 Å². The van der Waals surface area contributed by atoms with E-state index in [1.54, 1.807) is 0 Å². The van der Waals surface area contributed by atoms with Gasteiger partial charge in [-0.25, -0.2) is 9.18 Å². The van der Waals surface area contributed by atoms with Crippen LogP contribution in [0.3, 0.4) is 0 Å². The molecule has 1 aromatic carbocycles. The van der Waals surface area contributed by atoms with Crippen molar-refractivity contribution in [3.8, 4) is 5.75 Å². The van der Waals surface area contributed by atoms with Gasteiger partial charge < -0.3 is 15.2 Å². The van der Waals surface area contributed by atoms with Gasteiger partial charge in [0, 0.05) is 11.6 Å². The summed E-state index contributed by atoms with van der Waals surface area (Å²) in [6, 6.07) is 1.11. The molecule has 0 fully saturated rings. The predicted molar refractivity (Wildman–Crippen MR) is 61.5 cm³/mol. The highest BCUT2D eigenvalue weighted by molar-refractivity contribution is 5.78. The normalized spacial score (nSPS) is 12.9. The molecule has 106 valence electrons. The Kier molecular flexibility index (Phi) is 4.77. The minimum atomic E-state index is -4.01. The van der Waals surface area contributed by atoms with Crippen LogP contribution in [0.15, 0.2) is 18.2 Å². The Morgan fingerprint density at radius 2 is 2.11 bits per heavy atom. The van der Waals surface area contributed by atoms with Crippen molar-refractivity contribution in [3.05, 3.63) is 29.6 Å². The van der Waals surface area contributed by atoms with Crippen LogP contribution in [0.1, 0.15) is 18.5 Å². The molecule has 0 amide bonds. The minimum Gasteiger partial charge on any atom is -0.497 e. The molecular weight excluding hydrogens is 263 g/mol. The van der Waals surface area contributed by atoms with Gasteiger partial charge in [-0.2, -0.15) is 8.78 Å². The molecule has 0 unspecified atom stereocenters. The number of hydrogen-bond donors (Lipinski definition) is 1. The fourth-order valence-corrected chi connectivity index (χ4v) is 1.44. The van der Waals surface area contributed by atoms with E-state index in [9.17, 15) is 18.0 Å². The standard InChI is InChI=1S/C12H14F3NO3/c1-3-19-11(17)12(14,15)10(16)8-5-4-7(18-2)6-9(8)13/h4-6,10H,3,16H2,1-2H3/t10-/m0/s1. The molecule has 19 heavy (non-hydrogen) atoms. The number of carbonyl (C=O) groups excluding carboxylic acids is 1. The Balaban J connectivity index is 3.05. The van der Waals surface area contributed by atoms with E-state index in [1.807, 2.05) is 0 Å². The number of hydrogen-bond acceptors (Lipinski definition) is 4. The molecule has 1 rings (SSSR count). The minimum absolute atomic E-state index is 0.160. The highest BCUT2D eigenvalue weighted by Crippen LogP contribution is 2.33. The number of halogens is 3. The maximum atomic E-state index is 13.6. The number of alkyl halides is 2. The van der Waals surface area contributed by atoms with E-state index < -0.39 is 29.3 Å². The summed E-state index contributed by atoms with van der Waals surface area (Å²) in [4.78, 5) is 11.1. The fraction of sp³-hybridized carbons (Fsp3) is 0.417. The van der Waals surface area contributed by atoms with Gasteiger partial charge in [-0.3, -0.25) is 0 Å². The van der Waals surface area contributed by atoms with E-state index >= 15 is 0 Å². The van der Waals surface area contributed by atoms with Gasteiger partial charge in [-0.05, 0) is 13.0 Å². The summed E-state index contributed by atoms with van der Waals surface area (Å²) < 4.78 is 49.9. The van der Waals surface area contributed by atoms with Crippen molar-refractivity contribution in [2.24, 2.45) is 5.73 Å². The van der Waals surface area contributed by atoms with Crippen LogP contribution >= 0.6 is 0 Å². The van der Waals surface area contributed by atoms with E-state index in [0.29, 0.717) is 0 Å². The SMILES string of the molecule is CCOC(=O)C(F)(F)[C@@H](N)c1ccc(OC)cc1F. The molecule has 0 aliphatic heterocycles. The molecule has 0 saturated carbocycles. The monoisotopic (exact) mass is 277 g/mol. The zero-order chi connectivity index (χ0) is 14.6. The van der Waals surface area contributed by atoms with Crippen molar-refractivity contribution in [2.75, 3.05) is 13.7 Å². The predicted octanol–water partition coefficient (Wildman–Crippen LogP) is 2.03. The third kappa shape index (κ3) is 3.17. The van der Waals surface area contributed by atoms with Crippen LogP contribution in [-0.4, -0.2) is 25.6 Å². The molecule has 0 aromatic heterocycles. The van der Waals surface area contributed by atoms with Gasteiger partial charge >= 0.3 is 11.9 Å². The lowest BCUT2D eigenvalue weighted by atomic mass is 10.0. The van der Waals surface area contributed by atoms with Crippen LogP contribution in [0, 0.1) is 5.82 Å². The highest BCUT2D eigenvalue weighted by Gasteiger charge is 2.48. The third-order valence-corrected chi connectivity index (χ3v) is 2.48. The van der Waals surface area contributed by atoms with Crippen molar-refractivity contribution in [1.82, 2.24) is 0 Å². The molecule has 7 heteroatoms. The number of methoxy groups -OCH3 is 1.